The molecular formula is C15H32N2. The van der Waals surface area contributed by atoms with E-state index >= 15 is 0 Å². The summed E-state index contributed by atoms with van der Waals surface area (Å²) in [6.45, 7) is 4.34. The number of hydrogen-bond donors (Lipinski definition) is 1. The van der Waals surface area contributed by atoms with Crippen LogP contribution < -0.4 is 5.73 Å². The summed E-state index contributed by atoms with van der Waals surface area (Å²) in [5, 5.41) is 0. The summed E-state index contributed by atoms with van der Waals surface area (Å²) >= 11 is 0. The molecule has 102 valence electrons. The third-order valence-electron chi connectivity index (χ3n) is 4.37. The lowest BCUT2D eigenvalue weighted by molar-refractivity contribution is 0.164. The van der Waals surface area contributed by atoms with E-state index in [1.807, 2.05) is 0 Å². The molecule has 2 N–H and O–H groups in total. The topological polar surface area (TPSA) is 29.3 Å². The van der Waals surface area contributed by atoms with Crippen molar-refractivity contribution in [3.63, 3.8) is 0 Å². The summed E-state index contributed by atoms with van der Waals surface area (Å²) in [5.74, 6) is 0.856. The molecule has 2 nitrogen and oxygen atoms in total. The van der Waals surface area contributed by atoms with E-state index in [0.29, 0.717) is 6.04 Å². The van der Waals surface area contributed by atoms with Crippen molar-refractivity contribution >= 4 is 0 Å². The Hall–Kier alpha value is -0.0800. The van der Waals surface area contributed by atoms with Gasteiger partial charge < -0.3 is 10.6 Å². The maximum atomic E-state index is 6.02. The van der Waals surface area contributed by atoms with Crippen molar-refractivity contribution in [1.29, 1.82) is 0 Å². The third kappa shape index (κ3) is 5.39. The van der Waals surface area contributed by atoms with E-state index in [1.165, 1.54) is 64.3 Å². The Balaban J connectivity index is 2.38. The zero-order chi connectivity index (χ0) is 12.5. The van der Waals surface area contributed by atoms with Gasteiger partial charge in [0.05, 0.1) is 0 Å². The smallest absolute Gasteiger partial charge is 0.0243 e. The lowest BCUT2D eigenvalue weighted by Crippen LogP contribution is -2.43. The van der Waals surface area contributed by atoms with Crippen LogP contribution in [0.4, 0.5) is 0 Å². The van der Waals surface area contributed by atoms with Crippen molar-refractivity contribution in [3.8, 4) is 0 Å². The van der Waals surface area contributed by atoms with Crippen LogP contribution in [-0.2, 0) is 0 Å². The lowest BCUT2D eigenvalue weighted by Gasteiger charge is -2.33. The van der Waals surface area contributed by atoms with Gasteiger partial charge in [-0.25, -0.2) is 0 Å². The second-order valence-electron chi connectivity index (χ2n) is 5.74. The average molecular weight is 240 g/mol. The predicted molar refractivity (Wildman–Crippen MR) is 76.2 cm³/mol. The Morgan fingerprint density at radius 1 is 1.12 bits per heavy atom. The fraction of sp³-hybridized carbons (Fsp3) is 1.00. The van der Waals surface area contributed by atoms with Crippen molar-refractivity contribution in [1.82, 2.24) is 4.90 Å². The normalized spacial score (nSPS) is 20.5. The minimum absolute atomic E-state index is 0.630. The van der Waals surface area contributed by atoms with E-state index in [4.69, 9.17) is 5.73 Å². The first-order chi connectivity index (χ1) is 8.29. The van der Waals surface area contributed by atoms with Crippen LogP contribution >= 0.6 is 0 Å². The second kappa shape index (κ2) is 8.93. The highest BCUT2D eigenvalue weighted by Crippen LogP contribution is 2.27. The number of hydrogen-bond acceptors (Lipinski definition) is 2. The molecular weight excluding hydrogens is 208 g/mol. The molecule has 0 heterocycles. The molecule has 1 aliphatic carbocycles. The highest BCUT2D eigenvalue weighted by Gasteiger charge is 2.24. The standard InChI is InChI=1S/C15H32N2/c1-3-4-9-12-17(2)15(13-16)14-10-7-5-6-8-11-14/h14-15H,3-13,16H2,1-2H3. The summed E-state index contributed by atoms with van der Waals surface area (Å²) < 4.78 is 0. The Morgan fingerprint density at radius 3 is 2.29 bits per heavy atom. The highest BCUT2D eigenvalue weighted by atomic mass is 15.1. The molecule has 1 aliphatic rings. The number of unbranched alkanes of at least 4 members (excludes halogenated alkanes) is 2. The maximum absolute atomic E-state index is 6.02. The molecule has 0 amide bonds. The number of likely N-dealkylation sites (N-methyl/N-ethyl adjacent to an activating group) is 1. The van der Waals surface area contributed by atoms with Gasteiger partial charge in [0.1, 0.15) is 0 Å². The third-order valence-corrected chi connectivity index (χ3v) is 4.37. The molecule has 1 atom stereocenters. The first kappa shape index (κ1) is 15.0. The summed E-state index contributed by atoms with van der Waals surface area (Å²) in [6, 6.07) is 0.630. The molecule has 0 aliphatic heterocycles. The quantitative estimate of drug-likeness (QED) is 0.546. The van der Waals surface area contributed by atoms with Crippen LogP contribution in [0.5, 0.6) is 0 Å². The zero-order valence-electron chi connectivity index (χ0n) is 12.0. The maximum Gasteiger partial charge on any atom is 0.0243 e. The van der Waals surface area contributed by atoms with Crippen LogP contribution in [0.3, 0.4) is 0 Å². The molecule has 1 rings (SSSR count). The molecule has 1 fully saturated rings. The van der Waals surface area contributed by atoms with Crippen molar-refractivity contribution < 1.29 is 0 Å². The van der Waals surface area contributed by atoms with Crippen LogP contribution in [0.15, 0.2) is 0 Å². The molecule has 17 heavy (non-hydrogen) atoms. The summed E-state index contributed by atoms with van der Waals surface area (Å²) in [5.41, 5.74) is 6.02. The minimum Gasteiger partial charge on any atom is -0.329 e. The SMILES string of the molecule is CCCCCN(C)C(CN)C1CCCCCC1. The predicted octanol–water partition coefficient (Wildman–Crippen LogP) is 3.41. The van der Waals surface area contributed by atoms with E-state index in [2.05, 4.69) is 18.9 Å². The van der Waals surface area contributed by atoms with Gasteiger partial charge in [0.25, 0.3) is 0 Å². The Bertz CT molecular complexity index is 174. The molecule has 0 aromatic carbocycles. The molecule has 1 unspecified atom stereocenters. The van der Waals surface area contributed by atoms with Gasteiger partial charge in [-0.2, -0.15) is 0 Å². The van der Waals surface area contributed by atoms with Crippen molar-refractivity contribution in [2.75, 3.05) is 20.1 Å². The molecule has 0 spiro atoms. The van der Waals surface area contributed by atoms with Crippen molar-refractivity contribution in [2.45, 2.75) is 70.8 Å². The molecule has 0 bridgehead atoms. The van der Waals surface area contributed by atoms with Gasteiger partial charge >= 0.3 is 0 Å². The Labute approximate surface area is 108 Å². The Kier molecular flexibility index (Phi) is 7.87. The lowest BCUT2D eigenvalue weighted by atomic mass is 9.91. The Morgan fingerprint density at radius 2 is 1.76 bits per heavy atom. The molecule has 0 aromatic heterocycles. The average Bonchev–Trinajstić information content (AvgIpc) is 2.59. The van der Waals surface area contributed by atoms with E-state index in [9.17, 15) is 0 Å². The first-order valence-corrected chi connectivity index (χ1v) is 7.70. The van der Waals surface area contributed by atoms with Crippen LogP contribution in [0.1, 0.15) is 64.7 Å². The molecule has 1 saturated carbocycles. The number of rotatable bonds is 7. The fourth-order valence-electron chi connectivity index (χ4n) is 3.21. The largest absolute Gasteiger partial charge is 0.329 e. The summed E-state index contributed by atoms with van der Waals surface area (Å²) in [4.78, 5) is 2.53. The van der Waals surface area contributed by atoms with Crippen LogP contribution in [0.25, 0.3) is 0 Å². The monoisotopic (exact) mass is 240 g/mol. The first-order valence-electron chi connectivity index (χ1n) is 7.70. The zero-order valence-corrected chi connectivity index (χ0v) is 12.0. The van der Waals surface area contributed by atoms with Gasteiger partial charge in [-0.15, -0.1) is 0 Å². The van der Waals surface area contributed by atoms with Gasteiger partial charge in [0, 0.05) is 12.6 Å². The van der Waals surface area contributed by atoms with Crippen molar-refractivity contribution in [2.24, 2.45) is 11.7 Å². The highest BCUT2D eigenvalue weighted by molar-refractivity contribution is 4.80. The van der Waals surface area contributed by atoms with E-state index in [1.54, 1.807) is 0 Å². The second-order valence-corrected chi connectivity index (χ2v) is 5.74. The minimum atomic E-state index is 0.630. The van der Waals surface area contributed by atoms with Crippen molar-refractivity contribution in [3.05, 3.63) is 0 Å². The molecule has 2 heteroatoms. The molecule has 0 radical (unpaired) electrons. The van der Waals surface area contributed by atoms with Gasteiger partial charge in [-0.3, -0.25) is 0 Å². The molecule has 0 aromatic rings. The summed E-state index contributed by atoms with van der Waals surface area (Å²) in [6.07, 6.45) is 12.5. The van der Waals surface area contributed by atoms with E-state index < -0.39 is 0 Å². The van der Waals surface area contributed by atoms with Gasteiger partial charge in [-0.1, -0.05) is 45.4 Å². The number of nitrogens with zero attached hydrogens (tertiary/aromatic N) is 1. The number of nitrogens with two attached hydrogens (primary N) is 1. The van der Waals surface area contributed by atoms with E-state index in [0.717, 1.165) is 12.5 Å². The summed E-state index contributed by atoms with van der Waals surface area (Å²) in [7, 11) is 2.28. The van der Waals surface area contributed by atoms with Gasteiger partial charge in [0.2, 0.25) is 0 Å². The van der Waals surface area contributed by atoms with Crippen LogP contribution in [-0.4, -0.2) is 31.1 Å². The van der Waals surface area contributed by atoms with Gasteiger partial charge in [0.15, 0.2) is 0 Å². The van der Waals surface area contributed by atoms with Gasteiger partial charge in [-0.05, 0) is 38.8 Å². The van der Waals surface area contributed by atoms with E-state index in [-0.39, 0.29) is 0 Å². The van der Waals surface area contributed by atoms with Crippen LogP contribution in [0, 0.1) is 5.92 Å². The van der Waals surface area contributed by atoms with Crippen LogP contribution in [0.2, 0.25) is 0 Å². The molecule has 0 saturated heterocycles. The fourth-order valence-corrected chi connectivity index (χ4v) is 3.21.